The molecule has 0 aliphatic carbocycles. The van der Waals surface area contributed by atoms with Crippen molar-refractivity contribution < 1.29 is 87.0 Å². The monoisotopic (exact) mass is 898 g/mol. The second-order valence-electron chi connectivity index (χ2n) is 14.7. The summed E-state index contributed by atoms with van der Waals surface area (Å²) in [5.41, 5.74) is 0. The van der Waals surface area contributed by atoms with E-state index in [0.29, 0.717) is 77.0 Å². The van der Waals surface area contributed by atoms with Crippen molar-refractivity contribution in [2.24, 2.45) is 0 Å². The summed E-state index contributed by atoms with van der Waals surface area (Å²) < 4.78 is 271. The Labute approximate surface area is 318 Å². The molecule has 0 rings (SSSR count). The van der Waals surface area contributed by atoms with E-state index in [1.165, 1.54) is 0 Å². The zero-order chi connectivity index (χ0) is 44.0. The molecule has 22 heteroatoms. The van der Waals surface area contributed by atoms with Gasteiger partial charge in [-0.15, -0.1) is 0 Å². The van der Waals surface area contributed by atoms with Gasteiger partial charge in [0.1, 0.15) is 0 Å². The first-order chi connectivity index (χ1) is 25.4. The first-order valence-corrected chi connectivity index (χ1v) is 23.2. The van der Waals surface area contributed by atoms with Crippen LogP contribution in [-0.4, -0.2) is 80.5 Å². The van der Waals surface area contributed by atoms with Crippen LogP contribution >= 0.6 is 6.83 Å². The Morgan fingerprint density at radius 1 is 0.446 bits per heavy atom. The van der Waals surface area contributed by atoms with E-state index in [2.05, 4.69) is 0 Å². The minimum atomic E-state index is -8.19. The van der Waals surface area contributed by atoms with Crippen LogP contribution in [0.4, 0.5) is 74.6 Å². The van der Waals surface area contributed by atoms with Crippen LogP contribution in [0.15, 0.2) is 0 Å². The molecule has 3 nitrogen and oxygen atoms in total. The predicted octanol–water partition coefficient (Wildman–Crippen LogP) is 14.9. The van der Waals surface area contributed by atoms with E-state index in [-0.39, 0.29) is 38.5 Å². The zero-order valence-electron chi connectivity index (χ0n) is 31.8. The standard InChI is InChI=1S/C34H56F17O3PS/c1-4-7-10-13-16-19-23-55(24-20-17-14-11-8-5-2,25-21-18-15-12-9-6-3,54-56(52,53)29(39,40)27(35)36)26-22-28(37,38)30(41,42)31(43,44)32(45,46)33(47,48)34(49,50)51/h27H,4-26H2,1-3H3. The van der Waals surface area contributed by atoms with Crippen LogP contribution in [0.3, 0.4) is 0 Å². The van der Waals surface area contributed by atoms with Gasteiger partial charge in [-0.25, -0.2) is 0 Å². The summed E-state index contributed by atoms with van der Waals surface area (Å²) in [6.45, 7) is -0.222. The third-order valence-corrected chi connectivity index (χ3v) is 19.1. The molecule has 0 bridgehead atoms. The number of alkyl halides is 17. The van der Waals surface area contributed by atoms with Crippen LogP contribution < -0.4 is 0 Å². The Balaban J connectivity index is 7.68. The molecule has 0 saturated carbocycles. The molecular weight excluding hydrogens is 842 g/mol. The molecule has 0 aromatic heterocycles. The number of hydrogen-bond donors (Lipinski definition) is 0. The van der Waals surface area contributed by atoms with Crippen LogP contribution in [0.1, 0.15) is 143 Å². The van der Waals surface area contributed by atoms with Gasteiger partial charge in [0.15, 0.2) is 0 Å². The van der Waals surface area contributed by atoms with Crippen molar-refractivity contribution in [2.45, 2.75) is 190 Å². The fourth-order valence-corrected chi connectivity index (χ4v) is 15.8. The molecule has 56 heavy (non-hydrogen) atoms. The summed E-state index contributed by atoms with van der Waals surface area (Å²) in [4.78, 5) is 0. The predicted molar refractivity (Wildman–Crippen MR) is 183 cm³/mol. The maximum absolute atomic E-state index is 15.4. The molecule has 0 heterocycles. The summed E-state index contributed by atoms with van der Waals surface area (Å²) >= 11 is 0. The molecule has 0 aromatic rings. The minimum absolute atomic E-state index is 0.100. The SMILES string of the molecule is CCCCCCCCP(CCCCCCCC)(CCCCCCCC)(CCC(F)(F)C(F)(F)C(F)(F)C(F)(F)C(F)(F)C(F)(F)F)OS(=O)(=O)C(F)(F)C(F)F. The second-order valence-corrected chi connectivity index (χ2v) is 22.3. The first kappa shape index (κ1) is 55.2. The molecular formula is C34H56F17O3PS. The quantitative estimate of drug-likeness (QED) is 0.0384. The van der Waals surface area contributed by atoms with Crippen molar-refractivity contribution in [3.8, 4) is 0 Å². The average molecular weight is 899 g/mol. The summed E-state index contributed by atoms with van der Waals surface area (Å²) in [5.74, 6) is -38.7. The van der Waals surface area contributed by atoms with Crippen molar-refractivity contribution in [3.05, 3.63) is 0 Å². The second kappa shape index (κ2) is 21.6. The molecule has 0 N–H and O–H groups in total. The van der Waals surface area contributed by atoms with Crippen molar-refractivity contribution >= 4 is 16.9 Å². The van der Waals surface area contributed by atoms with Crippen molar-refractivity contribution in [2.75, 3.05) is 24.6 Å². The summed E-state index contributed by atoms with van der Waals surface area (Å²) in [6, 6.07) is 0. The van der Waals surface area contributed by atoms with Crippen LogP contribution in [0.25, 0.3) is 0 Å². The van der Waals surface area contributed by atoms with Gasteiger partial charge in [0.2, 0.25) is 0 Å². The first-order valence-electron chi connectivity index (χ1n) is 18.9. The molecule has 0 fully saturated rings. The van der Waals surface area contributed by atoms with E-state index in [9.17, 15) is 74.3 Å². The van der Waals surface area contributed by atoms with Crippen LogP contribution in [-0.2, 0) is 14.1 Å². The van der Waals surface area contributed by atoms with Gasteiger partial charge in [-0.1, -0.05) is 0 Å². The zero-order valence-corrected chi connectivity index (χ0v) is 33.6. The molecule has 0 atom stereocenters. The third kappa shape index (κ3) is 13.3. The molecule has 0 aromatic carbocycles. The van der Waals surface area contributed by atoms with Gasteiger partial charge in [0.05, 0.1) is 0 Å². The van der Waals surface area contributed by atoms with Gasteiger partial charge < -0.3 is 0 Å². The van der Waals surface area contributed by atoms with Gasteiger partial charge >= 0.3 is 319 Å². The van der Waals surface area contributed by atoms with Gasteiger partial charge in [0, 0.05) is 0 Å². The molecule has 0 aliphatic rings. The average Bonchev–Trinajstić information content (AvgIpc) is 3.07. The Bertz CT molecular complexity index is 1200. The van der Waals surface area contributed by atoms with E-state index in [1.807, 2.05) is 20.8 Å². The number of unbranched alkanes of at least 4 members (excludes halogenated alkanes) is 15. The molecule has 0 unspecified atom stereocenters. The summed E-state index contributed by atoms with van der Waals surface area (Å²) in [6.07, 6.45) is -13.4. The van der Waals surface area contributed by atoms with Crippen molar-refractivity contribution in [1.29, 1.82) is 0 Å². The van der Waals surface area contributed by atoms with Crippen molar-refractivity contribution in [3.63, 3.8) is 0 Å². The molecule has 0 aliphatic heterocycles. The summed E-state index contributed by atoms with van der Waals surface area (Å²) in [5, 5.41) is -6.02. The van der Waals surface area contributed by atoms with E-state index in [4.69, 9.17) is 3.97 Å². The van der Waals surface area contributed by atoms with E-state index >= 15 is 8.78 Å². The molecule has 0 amide bonds. The van der Waals surface area contributed by atoms with Crippen LogP contribution in [0.2, 0.25) is 0 Å². The molecule has 340 valence electrons. The fraction of sp³-hybridized carbons (Fsp3) is 1.00. The number of halogens is 17. The van der Waals surface area contributed by atoms with E-state index < -0.39 is 95.5 Å². The summed E-state index contributed by atoms with van der Waals surface area (Å²) in [7, 11) is -6.87. The Hall–Kier alpha value is -0.850. The number of hydrogen-bond acceptors (Lipinski definition) is 3. The van der Waals surface area contributed by atoms with Crippen LogP contribution in [0, 0.1) is 0 Å². The van der Waals surface area contributed by atoms with Gasteiger partial charge in [-0.05, 0) is 0 Å². The molecule has 0 radical (unpaired) electrons. The van der Waals surface area contributed by atoms with Gasteiger partial charge in [-0.2, -0.15) is 0 Å². The van der Waals surface area contributed by atoms with Crippen molar-refractivity contribution in [1.82, 2.24) is 0 Å². The Morgan fingerprint density at radius 3 is 1.05 bits per heavy atom. The fourth-order valence-electron chi connectivity index (χ4n) is 6.51. The molecule has 0 spiro atoms. The Morgan fingerprint density at radius 2 is 0.750 bits per heavy atom. The normalized spacial score (nSPS) is 15.4. The Kier molecular flexibility index (Phi) is 21.3. The van der Waals surface area contributed by atoms with Gasteiger partial charge in [0.25, 0.3) is 0 Å². The topological polar surface area (TPSA) is 43.4 Å². The van der Waals surface area contributed by atoms with Gasteiger partial charge in [-0.3, -0.25) is 0 Å². The van der Waals surface area contributed by atoms with E-state index in [1.54, 1.807) is 0 Å². The maximum atomic E-state index is 15.4. The van der Waals surface area contributed by atoms with E-state index in [0.717, 1.165) is 0 Å². The molecule has 0 saturated heterocycles. The third-order valence-electron chi connectivity index (χ3n) is 10.1. The number of rotatable bonds is 32. The van der Waals surface area contributed by atoms with Crippen LogP contribution in [0.5, 0.6) is 0 Å².